The minimum atomic E-state index is -0.0816. The van der Waals surface area contributed by atoms with Gasteiger partial charge in [-0.3, -0.25) is 9.59 Å². The summed E-state index contributed by atoms with van der Waals surface area (Å²) in [6.45, 7) is 3.46. The molecule has 0 atom stereocenters. The number of nitrogens with zero attached hydrogens (tertiary/aromatic N) is 1. The number of thioether (sulfide) groups is 1. The third kappa shape index (κ3) is 5.94. The van der Waals surface area contributed by atoms with Gasteiger partial charge in [-0.1, -0.05) is 18.2 Å². The van der Waals surface area contributed by atoms with Gasteiger partial charge in [-0.2, -0.15) is 0 Å². The number of carbonyl (C=O) groups excluding carboxylic acids is 2. The first-order chi connectivity index (χ1) is 13.5. The predicted molar refractivity (Wildman–Crippen MR) is 116 cm³/mol. The Morgan fingerprint density at radius 1 is 1.07 bits per heavy atom. The van der Waals surface area contributed by atoms with Crippen molar-refractivity contribution in [1.29, 1.82) is 0 Å². The van der Waals surface area contributed by atoms with E-state index in [-0.39, 0.29) is 18.2 Å². The molecule has 0 aliphatic heterocycles. The SMILES string of the molecule is CC(=O)Nc1ccc(SCc2csc(CC(=O)Nc3ccccc3C)n2)cc1. The molecule has 3 rings (SSSR count). The standard InChI is InChI=1S/C21H21N3O2S2/c1-14-5-3-4-6-19(14)24-20(26)11-21-23-17(13-28-21)12-27-18-9-7-16(8-10-18)22-15(2)25/h3-10,13H,11-12H2,1-2H3,(H,22,25)(H,24,26). The van der Waals surface area contributed by atoms with E-state index in [4.69, 9.17) is 0 Å². The van der Waals surface area contributed by atoms with Crippen molar-refractivity contribution in [3.05, 3.63) is 70.2 Å². The van der Waals surface area contributed by atoms with E-state index in [1.807, 2.05) is 60.8 Å². The van der Waals surface area contributed by atoms with Crippen molar-refractivity contribution in [3.63, 3.8) is 0 Å². The molecule has 0 saturated carbocycles. The van der Waals surface area contributed by atoms with Gasteiger partial charge in [-0.25, -0.2) is 4.98 Å². The molecular weight excluding hydrogens is 390 g/mol. The monoisotopic (exact) mass is 411 g/mol. The first-order valence-corrected chi connectivity index (χ1v) is 10.7. The predicted octanol–water partition coefficient (Wildman–Crippen LogP) is 4.88. The van der Waals surface area contributed by atoms with Gasteiger partial charge in [0.15, 0.2) is 0 Å². The van der Waals surface area contributed by atoms with Gasteiger partial charge in [0, 0.05) is 34.3 Å². The molecule has 0 spiro atoms. The van der Waals surface area contributed by atoms with Crippen LogP contribution in [-0.4, -0.2) is 16.8 Å². The van der Waals surface area contributed by atoms with Crippen LogP contribution in [0.4, 0.5) is 11.4 Å². The lowest BCUT2D eigenvalue weighted by Gasteiger charge is -2.06. The number of amides is 2. The molecule has 0 aliphatic carbocycles. The number of benzene rings is 2. The highest BCUT2D eigenvalue weighted by molar-refractivity contribution is 7.98. The Morgan fingerprint density at radius 3 is 2.54 bits per heavy atom. The topological polar surface area (TPSA) is 71.1 Å². The quantitative estimate of drug-likeness (QED) is 0.544. The molecule has 1 aromatic heterocycles. The molecule has 0 fully saturated rings. The summed E-state index contributed by atoms with van der Waals surface area (Å²) in [5.74, 6) is 0.591. The molecule has 3 aromatic rings. The van der Waals surface area contributed by atoms with Gasteiger partial charge in [-0.15, -0.1) is 23.1 Å². The zero-order valence-corrected chi connectivity index (χ0v) is 17.3. The van der Waals surface area contributed by atoms with E-state index >= 15 is 0 Å². The zero-order valence-electron chi connectivity index (χ0n) is 15.7. The van der Waals surface area contributed by atoms with Gasteiger partial charge in [0.1, 0.15) is 5.01 Å². The molecular formula is C21H21N3O2S2. The van der Waals surface area contributed by atoms with Crippen LogP contribution in [0.5, 0.6) is 0 Å². The number of carbonyl (C=O) groups is 2. The molecule has 2 amide bonds. The highest BCUT2D eigenvalue weighted by Gasteiger charge is 2.10. The van der Waals surface area contributed by atoms with E-state index in [2.05, 4.69) is 15.6 Å². The van der Waals surface area contributed by atoms with Crippen LogP contribution in [0, 0.1) is 6.92 Å². The molecule has 7 heteroatoms. The Labute approximate surface area is 172 Å². The van der Waals surface area contributed by atoms with Gasteiger partial charge in [0.05, 0.1) is 12.1 Å². The highest BCUT2D eigenvalue weighted by atomic mass is 32.2. The van der Waals surface area contributed by atoms with Crippen molar-refractivity contribution in [1.82, 2.24) is 4.98 Å². The van der Waals surface area contributed by atoms with Crippen molar-refractivity contribution in [3.8, 4) is 0 Å². The normalized spacial score (nSPS) is 10.5. The number of aryl methyl sites for hydroxylation is 1. The number of aromatic nitrogens is 1. The summed E-state index contributed by atoms with van der Waals surface area (Å²) in [7, 11) is 0. The summed E-state index contributed by atoms with van der Waals surface area (Å²) >= 11 is 3.17. The number of hydrogen-bond acceptors (Lipinski definition) is 5. The fourth-order valence-corrected chi connectivity index (χ4v) is 4.23. The third-order valence-corrected chi connectivity index (χ3v) is 5.83. The summed E-state index contributed by atoms with van der Waals surface area (Å²) in [4.78, 5) is 29.0. The van der Waals surface area contributed by atoms with Crippen LogP contribution in [-0.2, 0) is 21.8 Å². The number of thiazole rings is 1. The van der Waals surface area contributed by atoms with E-state index in [1.54, 1.807) is 11.8 Å². The zero-order chi connectivity index (χ0) is 19.9. The maximum Gasteiger partial charge on any atom is 0.231 e. The van der Waals surface area contributed by atoms with Gasteiger partial charge in [0.2, 0.25) is 11.8 Å². The average Bonchev–Trinajstić information content (AvgIpc) is 3.10. The van der Waals surface area contributed by atoms with E-state index in [9.17, 15) is 9.59 Å². The lowest BCUT2D eigenvalue weighted by Crippen LogP contribution is -2.15. The number of para-hydroxylation sites is 1. The summed E-state index contributed by atoms with van der Waals surface area (Å²) in [6, 6.07) is 15.4. The molecule has 0 aliphatic rings. The van der Waals surface area contributed by atoms with Crippen molar-refractivity contribution < 1.29 is 9.59 Å². The molecule has 0 unspecified atom stereocenters. The van der Waals surface area contributed by atoms with Crippen LogP contribution in [0.2, 0.25) is 0 Å². The van der Waals surface area contributed by atoms with Crippen LogP contribution >= 0.6 is 23.1 Å². The molecule has 0 bridgehead atoms. The number of rotatable bonds is 7. The molecule has 28 heavy (non-hydrogen) atoms. The molecule has 0 radical (unpaired) electrons. The van der Waals surface area contributed by atoms with E-state index in [0.29, 0.717) is 0 Å². The Balaban J connectivity index is 1.50. The Hall–Kier alpha value is -2.64. The van der Waals surface area contributed by atoms with Crippen LogP contribution in [0.1, 0.15) is 23.2 Å². The fourth-order valence-electron chi connectivity index (χ4n) is 2.54. The first-order valence-electron chi connectivity index (χ1n) is 8.79. The Kier molecular flexibility index (Phi) is 6.84. The number of anilines is 2. The summed E-state index contributed by atoms with van der Waals surface area (Å²) in [5, 5.41) is 8.49. The largest absolute Gasteiger partial charge is 0.326 e. The second-order valence-corrected chi connectivity index (χ2v) is 8.26. The minimum absolute atomic E-state index is 0.0589. The van der Waals surface area contributed by atoms with Crippen molar-refractivity contribution in [2.75, 3.05) is 10.6 Å². The molecule has 0 saturated heterocycles. The maximum atomic E-state index is 12.3. The third-order valence-electron chi connectivity index (χ3n) is 3.89. The molecule has 2 N–H and O–H groups in total. The molecule has 5 nitrogen and oxygen atoms in total. The van der Waals surface area contributed by atoms with Crippen LogP contribution in [0.25, 0.3) is 0 Å². The van der Waals surface area contributed by atoms with Crippen molar-refractivity contribution in [2.24, 2.45) is 0 Å². The fraction of sp³-hybridized carbons (Fsp3) is 0.190. The Bertz CT molecular complexity index is 968. The smallest absolute Gasteiger partial charge is 0.231 e. The minimum Gasteiger partial charge on any atom is -0.326 e. The van der Waals surface area contributed by atoms with E-state index in [0.717, 1.165) is 38.3 Å². The van der Waals surface area contributed by atoms with Crippen molar-refractivity contribution in [2.45, 2.75) is 30.9 Å². The van der Waals surface area contributed by atoms with E-state index < -0.39 is 0 Å². The molecule has 144 valence electrons. The summed E-state index contributed by atoms with van der Waals surface area (Å²) in [6.07, 6.45) is 0.273. The van der Waals surface area contributed by atoms with Gasteiger partial charge >= 0.3 is 0 Å². The first kappa shape index (κ1) is 20.1. The van der Waals surface area contributed by atoms with Crippen molar-refractivity contribution >= 4 is 46.3 Å². The highest BCUT2D eigenvalue weighted by Crippen LogP contribution is 2.25. The van der Waals surface area contributed by atoms with Crippen LogP contribution < -0.4 is 10.6 Å². The van der Waals surface area contributed by atoms with Crippen LogP contribution in [0.15, 0.2) is 58.8 Å². The lowest BCUT2D eigenvalue weighted by molar-refractivity contribution is -0.116. The second kappa shape index (κ2) is 9.52. The molecule has 2 aromatic carbocycles. The summed E-state index contributed by atoms with van der Waals surface area (Å²) < 4.78 is 0. The summed E-state index contributed by atoms with van der Waals surface area (Å²) in [5.41, 5.74) is 3.62. The number of hydrogen-bond donors (Lipinski definition) is 2. The maximum absolute atomic E-state index is 12.3. The van der Waals surface area contributed by atoms with Gasteiger partial charge in [-0.05, 0) is 42.8 Å². The van der Waals surface area contributed by atoms with Crippen LogP contribution in [0.3, 0.4) is 0 Å². The lowest BCUT2D eigenvalue weighted by atomic mass is 10.2. The molecule has 1 heterocycles. The van der Waals surface area contributed by atoms with Gasteiger partial charge in [0.25, 0.3) is 0 Å². The number of nitrogens with one attached hydrogen (secondary N) is 2. The average molecular weight is 412 g/mol. The van der Waals surface area contributed by atoms with Gasteiger partial charge < -0.3 is 10.6 Å². The Morgan fingerprint density at radius 2 is 1.82 bits per heavy atom. The second-order valence-electron chi connectivity index (χ2n) is 6.27. The van der Waals surface area contributed by atoms with E-state index in [1.165, 1.54) is 18.3 Å².